The van der Waals surface area contributed by atoms with E-state index < -0.39 is 18.5 Å². The van der Waals surface area contributed by atoms with Crippen molar-refractivity contribution in [3.05, 3.63) is 98.5 Å². The molecule has 3 aromatic carbocycles. The molecule has 0 unspecified atom stereocenters. The minimum Gasteiger partial charge on any atom is -0.489 e. The zero-order valence-corrected chi connectivity index (χ0v) is 19.9. The van der Waals surface area contributed by atoms with E-state index in [0.717, 1.165) is 11.1 Å². The Morgan fingerprint density at radius 2 is 1.55 bits per heavy atom. The van der Waals surface area contributed by atoms with Gasteiger partial charge < -0.3 is 14.8 Å². The quantitative estimate of drug-likeness (QED) is 0.273. The third kappa shape index (κ3) is 7.26. The Labute approximate surface area is 206 Å². The van der Waals surface area contributed by atoms with Crippen LogP contribution in [-0.2, 0) is 20.9 Å². The normalized spacial score (nSPS) is 10.8. The number of esters is 1. The molecule has 0 bridgehead atoms. The molecule has 0 saturated carbocycles. The number of hydrogen-bond donors (Lipinski definition) is 1. The maximum absolute atomic E-state index is 12.0. The monoisotopic (exact) mass is 503 g/mol. The molecule has 0 atom stereocenters. The Bertz CT molecular complexity index is 1160. The Kier molecular flexibility index (Phi) is 8.78. The van der Waals surface area contributed by atoms with Gasteiger partial charge in [0.15, 0.2) is 6.61 Å². The molecule has 3 aromatic rings. The minimum absolute atomic E-state index is 0.233. The van der Waals surface area contributed by atoms with Crippen LogP contribution in [0.15, 0.2) is 66.7 Å². The van der Waals surface area contributed by atoms with Gasteiger partial charge in [-0.2, -0.15) is 0 Å². The first-order valence-electron chi connectivity index (χ1n) is 9.89. The first-order valence-corrected chi connectivity index (χ1v) is 11.0. The zero-order chi connectivity index (χ0) is 23.8. The molecule has 3 rings (SSSR count). The van der Waals surface area contributed by atoms with Gasteiger partial charge in [-0.15, -0.1) is 0 Å². The van der Waals surface area contributed by atoms with E-state index >= 15 is 0 Å². The number of hydrogen-bond acceptors (Lipinski definition) is 4. The molecule has 1 N–H and O–H groups in total. The predicted molar refractivity (Wildman–Crippen MR) is 132 cm³/mol. The van der Waals surface area contributed by atoms with Crippen LogP contribution in [0.4, 0.5) is 5.69 Å². The Hall–Kier alpha value is -2.99. The number of ether oxygens (including phenoxy) is 2. The highest BCUT2D eigenvalue weighted by molar-refractivity contribution is 6.36. The van der Waals surface area contributed by atoms with Gasteiger partial charge in [0, 0.05) is 32.4 Å². The molecule has 33 heavy (non-hydrogen) atoms. The maximum atomic E-state index is 12.0. The van der Waals surface area contributed by atoms with Gasteiger partial charge in [-0.25, -0.2) is 4.79 Å². The fraction of sp³-hybridized carbons (Fsp3) is 0.120. The average Bonchev–Trinajstić information content (AvgIpc) is 2.80. The predicted octanol–water partition coefficient (Wildman–Crippen LogP) is 6.73. The van der Waals surface area contributed by atoms with Crippen LogP contribution in [0.2, 0.25) is 15.1 Å². The highest BCUT2D eigenvalue weighted by atomic mass is 35.5. The summed E-state index contributed by atoms with van der Waals surface area (Å²) in [5.41, 5.74) is 2.77. The van der Waals surface area contributed by atoms with Crippen LogP contribution >= 0.6 is 34.8 Å². The summed E-state index contributed by atoms with van der Waals surface area (Å²) in [5, 5.41) is 4.28. The van der Waals surface area contributed by atoms with Gasteiger partial charge >= 0.3 is 5.97 Å². The average molecular weight is 505 g/mol. The minimum atomic E-state index is -0.637. The molecule has 0 fully saturated rings. The third-order valence-corrected chi connectivity index (χ3v) is 5.74. The molecular weight excluding hydrogens is 485 g/mol. The first-order chi connectivity index (χ1) is 15.8. The van der Waals surface area contributed by atoms with Crippen LogP contribution in [0, 0.1) is 6.92 Å². The molecular formula is C25H20Cl3NO4. The number of nitrogens with one attached hydrogen (secondary N) is 1. The molecule has 1 amide bonds. The van der Waals surface area contributed by atoms with Crippen molar-refractivity contribution in [2.24, 2.45) is 0 Å². The second-order valence-electron chi connectivity index (χ2n) is 6.96. The molecule has 0 saturated heterocycles. The fourth-order valence-corrected chi connectivity index (χ4v) is 3.46. The molecule has 0 spiro atoms. The van der Waals surface area contributed by atoms with Crippen LogP contribution in [0.25, 0.3) is 6.08 Å². The van der Waals surface area contributed by atoms with Crippen LogP contribution in [0.5, 0.6) is 5.75 Å². The molecule has 0 aliphatic carbocycles. The van der Waals surface area contributed by atoms with Crippen molar-refractivity contribution in [1.29, 1.82) is 0 Å². The van der Waals surface area contributed by atoms with Gasteiger partial charge in [-0.3, -0.25) is 4.79 Å². The third-order valence-electron chi connectivity index (χ3n) is 4.62. The van der Waals surface area contributed by atoms with Gasteiger partial charge in [0.25, 0.3) is 5.91 Å². The highest BCUT2D eigenvalue weighted by Crippen LogP contribution is 2.26. The van der Waals surface area contributed by atoms with Gasteiger partial charge in [-0.1, -0.05) is 59.1 Å². The summed E-state index contributed by atoms with van der Waals surface area (Å²) in [6.07, 6.45) is 2.83. The van der Waals surface area contributed by atoms with Gasteiger partial charge in [0.2, 0.25) is 0 Å². The van der Waals surface area contributed by atoms with Gasteiger partial charge in [-0.05, 0) is 60.5 Å². The molecule has 0 radical (unpaired) electrons. The van der Waals surface area contributed by atoms with Crippen molar-refractivity contribution < 1.29 is 19.1 Å². The van der Waals surface area contributed by atoms with E-state index in [9.17, 15) is 9.59 Å². The van der Waals surface area contributed by atoms with Crippen LogP contribution in [-0.4, -0.2) is 18.5 Å². The topological polar surface area (TPSA) is 64.6 Å². The number of carbonyl (C=O) groups is 2. The summed E-state index contributed by atoms with van der Waals surface area (Å²) < 4.78 is 10.7. The first kappa shape index (κ1) is 24.6. The van der Waals surface area contributed by atoms with Crippen molar-refractivity contribution in [2.45, 2.75) is 13.5 Å². The largest absolute Gasteiger partial charge is 0.489 e. The molecule has 0 aliphatic heterocycles. The lowest BCUT2D eigenvalue weighted by Gasteiger charge is -2.09. The van der Waals surface area contributed by atoms with Crippen molar-refractivity contribution in [3.8, 4) is 5.75 Å². The summed E-state index contributed by atoms with van der Waals surface area (Å²) in [7, 11) is 0. The van der Waals surface area contributed by atoms with E-state index in [4.69, 9.17) is 44.3 Å². The smallest absolute Gasteiger partial charge is 0.331 e. The summed E-state index contributed by atoms with van der Waals surface area (Å²) in [4.78, 5) is 23.9. The number of carbonyl (C=O) groups excluding carboxylic acids is 2. The second kappa shape index (κ2) is 11.8. The number of rotatable bonds is 8. The van der Waals surface area contributed by atoms with Gasteiger partial charge in [0.05, 0.1) is 0 Å². The van der Waals surface area contributed by atoms with Gasteiger partial charge in [0.1, 0.15) is 12.4 Å². The summed E-state index contributed by atoms with van der Waals surface area (Å²) in [6.45, 7) is 1.61. The lowest BCUT2D eigenvalue weighted by atomic mass is 10.2. The highest BCUT2D eigenvalue weighted by Gasteiger charge is 2.09. The number of benzene rings is 3. The van der Waals surface area contributed by atoms with Crippen molar-refractivity contribution in [3.63, 3.8) is 0 Å². The molecule has 0 heterocycles. The van der Waals surface area contributed by atoms with E-state index in [0.29, 0.717) is 32.1 Å². The van der Waals surface area contributed by atoms with E-state index in [-0.39, 0.29) is 6.61 Å². The summed E-state index contributed by atoms with van der Waals surface area (Å²) >= 11 is 18.3. The van der Waals surface area contributed by atoms with Crippen molar-refractivity contribution in [1.82, 2.24) is 0 Å². The molecule has 5 nitrogen and oxygen atoms in total. The van der Waals surface area contributed by atoms with Crippen LogP contribution < -0.4 is 10.1 Å². The number of amides is 1. The van der Waals surface area contributed by atoms with Crippen LogP contribution in [0.3, 0.4) is 0 Å². The molecule has 0 aromatic heterocycles. The second-order valence-corrected chi connectivity index (χ2v) is 8.18. The van der Waals surface area contributed by atoms with E-state index in [1.54, 1.807) is 73.7 Å². The van der Waals surface area contributed by atoms with Crippen molar-refractivity contribution >= 4 is 58.4 Å². The summed E-state index contributed by atoms with van der Waals surface area (Å²) in [6, 6.07) is 17.5. The van der Waals surface area contributed by atoms with E-state index in [2.05, 4.69) is 5.32 Å². The van der Waals surface area contributed by atoms with Crippen molar-refractivity contribution in [2.75, 3.05) is 11.9 Å². The Morgan fingerprint density at radius 1 is 0.909 bits per heavy atom. The maximum Gasteiger partial charge on any atom is 0.331 e. The molecule has 0 aliphatic rings. The lowest BCUT2D eigenvalue weighted by molar-refractivity contribution is -0.142. The fourth-order valence-electron chi connectivity index (χ4n) is 2.78. The number of halogens is 3. The molecule has 170 valence electrons. The Balaban J connectivity index is 1.46. The molecule has 8 heteroatoms. The standard InChI is InChI=1S/C25H20Cl3NO4/c1-16-20(26)4-3-7-23(16)29-24(30)15-33-25(31)13-10-17-8-11-18(12-9-17)32-14-19-21(27)5-2-6-22(19)28/h2-13H,14-15H2,1H3,(H,29,30)/b13-10+. The van der Waals surface area contributed by atoms with E-state index in [1.165, 1.54) is 6.08 Å². The lowest BCUT2D eigenvalue weighted by Crippen LogP contribution is -2.20. The Morgan fingerprint density at radius 3 is 2.24 bits per heavy atom. The summed E-state index contributed by atoms with van der Waals surface area (Å²) in [5.74, 6) is -0.470. The zero-order valence-electron chi connectivity index (χ0n) is 17.6. The van der Waals surface area contributed by atoms with E-state index in [1.807, 2.05) is 0 Å². The van der Waals surface area contributed by atoms with Crippen LogP contribution in [0.1, 0.15) is 16.7 Å². The number of anilines is 1. The SMILES string of the molecule is Cc1c(Cl)cccc1NC(=O)COC(=O)/C=C/c1ccc(OCc2c(Cl)cccc2Cl)cc1.